The summed E-state index contributed by atoms with van der Waals surface area (Å²) in [4.78, 5) is 15.7. The molecule has 0 radical (unpaired) electrons. The first kappa shape index (κ1) is 24.6. The van der Waals surface area contributed by atoms with Crippen molar-refractivity contribution >= 4 is 45.1 Å². The van der Waals surface area contributed by atoms with Gasteiger partial charge in [-0.05, 0) is 48.0 Å². The second-order valence-corrected chi connectivity index (χ2v) is 10.6. The van der Waals surface area contributed by atoms with E-state index in [-0.39, 0.29) is 0 Å². The predicted octanol–water partition coefficient (Wildman–Crippen LogP) is 8.30. The highest BCUT2D eigenvalue weighted by Gasteiger charge is 2.17. The van der Waals surface area contributed by atoms with Crippen LogP contribution in [0.15, 0.2) is 97.1 Å². The highest BCUT2D eigenvalue weighted by molar-refractivity contribution is 7.19. The zero-order valence-corrected chi connectivity index (χ0v) is 23.0. The Balaban J connectivity index is 1.43. The van der Waals surface area contributed by atoms with Gasteiger partial charge in [-0.1, -0.05) is 66.7 Å². The molecular formula is C33H29N5S. The number of fused-ring (bicyclic) bond motifs is 1. The van der Waals surface area contributed by atoms with Crippen LogP contribution in [-0.4, -0.2) is 36.1 Å². The van der Waals surface area contributed by atoms with Crippen molar-refractivity contribution in [2.24, 2.45) is 0 Å². The average Bonchev–Trinajstić information content (AvgIpc) is 3.61. The minimum atomic E-state index is 0.832. The number of H-pyrrole nitrogens is 1. The lowest BCUT2D eigenvalue weighted by atomic mass is 10.0. The van der Waals surface area contributed by atoms with E-state index in [1.165, 1.54) is 4.70 Å². The molecule has 5 nitrogen and oxygen atoms in total. The Kier molecular flexibility index (Phi) is 6.69. The molecule has 6 aromatic rings. The molecular weight excluding hydrogens is 498 g/mol. The molecule has 2 heterocycles. The van der Waals surface area contributed by atoms with Gasteiger partial charge < -0.3 is 15.2 Å². The molecule has 39 heavy (non-hydrogen) atoms. The van der Waals surface area contributed by atoms with Crippen molar-refractivity contribution in [1.29, 1.82) is 0 Å². The van der Waals surface area contributed by atoms with Crippen molar-refractivity contribution in [3.8, 4) is 33.9 Å². The van der Waals surface area contributed by atoms with E-state index in [2.05, 4.69) is 132 Å². The summed E-state index contributed by atoms with van der Waals surface area (Å²) in [5.74, 6) is 0.832. The largest absolute Gasteiger partial charge is 0.388 e. The smallest absolute Gasteiger partial charge is 0.139 e. The summed E-state index contributed by atoms with van der Waals surface area (Å²) in [6, 6.07) is 33.5. The number of nitrogens with zero attached hydrogens (tertiary/aromatic N) is 3. The molecule has 0 aliphatic carbocycles. The van der Waals surface area contributed by atoms with Crippen LogP contribution in [0.1, 0.15) is 10.6 Å². The number of aromatic amines is 1. The van der Waals surface area contributed by atoms with Gasteiger partial charge in [-0.25, -0.2) is 9.97 Å². The molecule has 0 atom stereocenters. The highest BCUT2D eigenvalue weighted by Crippen LogP contribution is 2.35. The molecule has 0 aliphatic heterocycles. The highest BCUT2D eigenvalue weighted by atomic mass is 32.1. The van der Waals surface area contributed by atoms with Gasteiger partial charge >= 0.3 is 0 Å². The number of para-hydroxylation sites is 1. The van der Waals surface area contributed by atoms with Crippen LogP contribution in [0.25, 0.3) is 56.3 Å². The Hall–Kier alpha value is -4.68. The molecule has 0 aliphatic rings. The molecule has 0 saturated carbocycles. The molecule has 6 rings (SSSR count). The SMILES string of the molecule is CNc1ccc(-c2[nH]c(-c3ccccc3C=Cc3nc4ccccc4s3)nc2-c2ccc(N(C)C)cc2)cc1. The molecule has 0 fully saturated rings. The Morgan fingerprint density at radius 2 is 1.49 bits per heavy atom. The molecule has 4 aromatic carbocycles. The summed E-state index contributed by atoms with van der Waals surface area (Å²) in [5, 5.41) is 4.18. The number of rotatable bonds is 7. The van der Waals surface area contributed by atoms with E-state index in [9.17, 15) is 0 Å². The van der Waals surface area contributed by atoms with Gasteiger partial charge in [-0.2, -0.15) is 0 Å². The Morgan fingerprint density at radius 3 is 2.23 bits per heavy atom. The Morgan fingerprint density at radius 1 is 0.769 bits per heavy atom. The molecule has 2 aromatic heterocycles. The molecule has 2 N–H and O–H groups in total. The molecule has 0 unspecified atom stereocenters. The van der Waals surface area contributed by atoms with E-state index in [1.54, 1.807) is 11.3 Å². The standard InChI is InChI=1S/C33H29N5S/c1-34-25-17-12-23(13-18-25)31-32(24-14-19-26(20-15-24)38(2)3)37-33(36-31)27-9-5-4-8-22(27)16-21-30-35-28-10-6-7-11-29(28)39-30/h4-21,34H,1-3H3,(H,36,37). The van der Waals surface area contributed by atoms with Crippen LogP contribution < -0.4 is 10.2 Å². The van der Waals surface area contributed by atoms with Gasteiger partial charge in [0.1, 0.15) is 10.8 Å². The van der Waals surface area contributed by atoms with Gasteiger partial charge in [0.2, 0.25) is 0 Å². The minimum Gasteiger partial charge on any atom is -0.388 e. The van der Waals surface area contributed by atoms with E-state index < -0.39 is 0 Å². The summed E-state index contributed by atoms with van der Waals surface area (Å²) in [6.07, 6.45) is 4.22. The van der Waals surface area contributed by atoms with Gasteiger partial charge in [0.15, 0.2) is 0 Å². The number of benzene rings is 4. The lowest BCUT2D eigenvalue weighted by molar-refractivity contribution is 1.13. The van der Waals surface area contributed by atoms with Crippen molar-refractivity contribution in [3.05, 3.63) is 108 Å². The van der Waals surface area contributed by atoms with Crippen LogP contribution in [0.4, 0.5) is 11.4 Å². The summed E-state index contributed by atoms with van der Waals surface area (Å²) in [6.45, 7) is 0. The van der Waals surface area contributed by atoms with E-state index in [1.807, 2.05) is 13.1 Å². The number of aromatic nitrogens is 3. The van der Waals surface area contributed by atoms with Crippen molar-refractivity contribution in [1.82, 2.24) is 15.0 Å². The zero-order valence-electron chi connectivity index (χ0n) is 22.1. The molecule has 0 saturated heterocycles. The number of hydrogen-bond acceptors (Lipinski definition) is 5. The zero-order chi connectivity index (χ0) is 26.8. The van der Waals surface area contributed by atoms with Crippen LogP contribution in [0, 0.1) is 0 Å². The summed E-state index contributed by atoms with van der Waals surface area (Å²) >= 11 is 1.70. The van der Waals surface area contributed by atoms with Crippen molar-refractivity contribution in [2.45, 2.75) is 0 Å². The minimum absolute atomic E-state index is 0.832. The molecule has 192 valence electrons. The first-order valence-corrected chi connectivity index (χ1v) is 13.7. The lowest BCUT2D eigenvalue weighted by Crippen LogP contribution is -2.07. The monoisotopic (exact) mass is 527 g/mol. The predicted molar refractivity (Wildman–Crippen MR) is 167 cm³/mol. The van der Waals surface area contributed by atoms with Crippen LogP contribution in [-0.2, 0) is 0 Å². The topological polar surface area (TPSA) is 56.8 Å². The average molecular weight is 528 g/mol. The number of anilines is 2. The Labute approximate surface area is 232 Å². The Bertz CT molecular complexity index is 1730. The van der Waals surface area contributed by atoms with Crippen LogP contribution in [0.2, 0.25) is 0 Å². The molecule has 0 spiro atoms. The van der Waals surface area contributed by atoms with Crippen molar-refractivity contribution < 1.29 is 0 Å². The van der Waals surface area contributed by atoms with Crippen molar-refractivity contribution in [3.63, 3.8) is 0 Å². The summed E-state index contributed by atoms with van der Waals surface area (Å²) in [5.41, 5.74) is 9.45. The maximum Gasteiger partial charge on any atom is 0.139 e. The quantitative estimate of drug-likeness (QED) is 0.219. The first-order valence-electron chi connectivity index (χ1n) is 12.9. The van der Waals surface area contributed by atoms with E-state index >= 15 is 0 Å². The van der Waals surface area contributed by atoms with E-state index in [4.69, 9.17) is 9.97 Å². The van der Waals surface area contributed by atoms with Gasteiger partial charge in [-0.3, -0.25) is 0 Å². The molecule has 6 heteroatoms. The second-order valence-electron chi connectivity index (χ2n) is 9.52. The normalized spacial score (nSPS) is 11.4. The van der Waals surface area contributed by atoms with Gasteiger partial charge in [0, 0.05) is 49.2 Å². The van der Waals surface area contributed by atoms with Crippen LogP contribution in [0.3, 0.4) is 0 Å². The van der Waals surface area contributed by atoms with Gasteiger partial charge in [0.25, 0.3) is 0 Å². The number of hydrogen-bond donors (Lipinski definition) is 2. The molecule has 0 bridgehead atoms. The number of nitrogens with one attached hydrogen (secondary N) is 2. The fourth-order valence-electron chi connectivity index (χ4n) is 4.62. The molecule has 0 amide bonds. The maximum atomic E-state index is 5.16. The lowest BCUT2D eigenvalue weighted by Gasteiger charge is -2.12. The van der Waals surface area contributed by atoms with Crippen molar-refractivity contribution in [2.75, 3.05) is 31.4 Å². The van der Waals surface area contributed by atoms with Gasteiger partial charge in [-0.15, -0.1) is 11.3 Å². The fourth-order valence-corrected chi connectivity index (χ4v) is 5.49. The third-order valence-electron chi connectivity index (χ3n) is 6.76. The van der Waals surface area contributed by atoms with Crippen LogP contribution >= 0.6 is 11.3 Å². The second kappa shape index (κ2) is 10.6. The number of thiazole rings is 1. The van der Waals surface area contributed by atoms with Crippen LogP contribution in [0.5, 0.6) is 0 Å². The third kappa shape index (κ3) is 5.07. The summed E-state index contributed by atoms with van der Waals surface area (Å²) in [7, 11) is 6.03. The number of imidazole rings is 1. The first-order chi connectivity index (χ1) is 19.1. The third-order valence-corrected chi connectivity index (χ3v) is 7.76. The van der Waals surface area contributed by atoms with E-state index in [0.717, 1.165) is 61.4 Å². The maximum absolute atomic E-state index is 5.16. The summed E-state index contributed by atoms with van der Waals surface area (Å²) < 4.78 is 1.19. The van der Waals surface area contributed by atoms with E-state index in [0.29, 0.717) is 0 Å². The fraction of sp³-hybridized carbons (Fsp3) is 0.0909. The van der Waals surface area contributed by atoms with Gasteiger partial charge in [0.05, 0.1) is 21.6 Å².